The van der Waals surface area contributed by atoms with E-state index in [0.717, 1.165) is 56.8 Å². The number of ether oxygens (including phenoxy) is 2. The third-order valence-electron chi connectivity index (χ3n) is 8.59. The number of hydrogen-bond donors (Lipinski definition) is 0. The molecule has 0 N–H and O–H groups in total. The third kappa shape index (κ3) is 6.02. The molecule has 5 aromatic carbocycles. The van der Waals surface area contributed by atoms with E-state index in [2.05, 4.69) is 102 Å². The van der Waals surface area contributed by atoms with E-state index in [1.54, 1.807) is 6.20 Å². The molecule has 0 bridgehead atoms. The van der Waals surface area contributed by atoms with Gasteiger partial charge in [-0.25, -0.2) is 0 Å². The summed E-state index contributed by atoms with van der Waals surface area (Å²) < 4.78 is 12.5. The van der Waals surface area contributed by atoms with Crippen molar-refractivity contribution in [2.45, 2.75) is 20.8 Å². The minimum Gasteiger partial charge on any atom is -0.497 e. The summed E-state index contributed by atoms with van der Waals surface area (Å²) in [6.45, 7) is 6.33. The predicted molar refractivity (Wildman–Crippen MR) is 191 cm³/mol. The molecule has 2 aromatic heterocycles. The molecule has 4 heterocycles. The Kier molecular flexibility index (Phi) is 8.83. The van der Waals surface area contributed by atoms with Crippen LogP contribution in [-0.2, 0) is 20.1 Å². The van der Waals surface area contributed by atoms with Crippen LogP contribution >= 0.6 is 0 Å². The number of aromatic nitrogens is 2. The number of anilines is 3. The summed E-state index contributed by atoms with van der Waals surface area (Å²) in [5.41, 5.74) is 12.7. The van der Waals surface area contributed by atoms with Crippen LogP contribution in [0.15, 0.2) is 134 Å². The first-order valence-corrected chi connectivity index (χ1v) is 15.9. The van der Waals surface area contributed by atoms with Gasteiger partial charge in [0.25, 0.3) is 0 Å². The summed E-state index contributed by atoms with van der Waals surface area (Å²) in [4.78, 5) is 11.2. The molecule has 0 saturated heterocycles. The predicted octanol–water partition coefficient (Wildman–Crippen LogP) is 11.4. The molecule has 0 saturated carbocycles. The molecule has 0 unspecified atom stereocenters. The average Bonchev–Trinajstić information content (AvgIpc) is 3.13. The first-order valence-electron chi connectivity index (χ1n) is 15.9. The van der Waals surface area contributed by atoms with Crippen molar-refractivity contribution in [3.8, 4) is 56.6 Å². The van der Waals surface area contributed by atoms with E-state index in [0.29, 0.717) is 5.75 Å². The van der Waals surface area contributed by atoms with Crippen LogP contribution in [0.25, 0.3) is 33.6 Å². The van der Waals surface area contributed by atoms with Crippen LogP contribution in [0.1, 0.15) is 16.7 Å². The van der Waals surface area contributed by atoms with E-state index in [4.69, 9.17) is 9.47 Å². The number of rotatable bonds is 3. The number of hydrogen-bond acceptors (Lipinski definition) is 5. The molecular weight excluding hydrogens is 783 g/mol. The van der Waals surface area contributed by atoms with Crippen molar-refractivity contribution in [1.82, 2.24) is 9.97 Å². The van der Waals surface area contributed by atoms with Crippen molar-refractivity contribution in [1.29, 1.82) is 0 Å². The Bertz CT molecular complexity index is 2280. The minimum atomic E-state index is 0. The summed E-state index contributed by atoms with van der Waals surface area (Å²) in [7, 11) is 0. The van der Waals surface area contributed by atoms with E-state index >= 15 is 0 Å². The van der Waals surface area contributed by atoms with Gasteiger partial charge < -0.3 is 24.3 Å². The fourth-order valence-electron chi connectivity index (χ4n) is 6.15. The van der Waals surface area contributed by atoms with Crippen LogP contribution in [0.2, 0.25) is 0 Å². The Morgan fingerprint density at radius 1 is 0.592 bits per heavy atom. The third-order valence-corrected chi connectivity index (χ3v) is 8.59. The molecule has 0 fully saturated rings. The van der Waals surface area contributed by atoms with Crippen LogP contribution in [0, 0.1) is 32.9 Å². The van der Waals surface area contributed by atoms with Gasteiger partial charge in [0.15, 0.2) is 0 Å². The summed E-state index contributed by atoms with van der Waals surface area (Å²) in [5, 5.41) is 0. The molecule has 6 heteroatoms. The number of fused-ring (bicyclic) bond motifs is 4. The van der Waals surface area contributed by atoms with E-state index in [1.165, 1.54) is 27.8 Å². The van der Waals surface area contributed by atoms with Crippen molar-refractivity contribution in [3.05, 3.63) is 163 Å². The van der Waals surface area contributed by atoms with Gasteiger partial charge in [-0.15, -0.1) is 47.5 Å². The SMILES string of the molecule is Cc1c[c-]c(-c2cc(-c3ccccc3C)c(C)cn2)cc1.[Ir].[c-]1cc2c3c(c1-c1ccccn1)Oc1ccccc1N3c1ccccc1O2. The monoisotopic (exact) mass is 814 g/mol. The van der Waals surface area contributed by atoms with Crippen LogP contribution < -0.4 is 14.4 Å². The first kappa shape index (κ1) is 32.0. The van der Waals surface area contributed by atoms with E-state index < -0.39 is 0 Å². The van der Waals surface area contributed by atoms with Crippen molar-refractivity contribution >= 4 is 17.1 Å². The van der Waals surface area contributed by atoms with Crippen molar-refractivity contribution < 1.29 is 29.6 Å². The Morgan fingerprint density at radius 3 is 2.02 bits per heavy atom. The Hall–Kier alpha value is -5.55. The quantitative estimate of drug-likeness (QED) is 0.166. The normalized spacial score (nSPS) is 11.7. The molecule has 7 aromatic rings. The van der Waals surface area contributed by atoms with Gasteiger partial charge in [0, 0.05) is 38.2 Å². The van der Waals surface area contributed by atoms with Crippen LogP contribution in [0.4, 0.5) is 17.1 Å². The van der Waals surface area contributed by atoms with Gasteiger partial charge in [-0.1, -0.05) is 79.2 Å². The minimum absolute atomic E-state index is 0. The fourth-order valence-corrected chi connectivity index (χ4v) is 6.15. The molecule has 0 amide bonds. The molecule has 2 aliphatic rings. The van der Waals surface area contributed by atoms with Gasteiger partial charge in [0.2, 0.25) is 0 Å². The molecule has 5 nitrogen and oxygen atoms in total. The standard InChI is InChI=1S/C23H13N2O2.C20H18N.Ir/c1-3-10-19-17(8-1)25-18-9-2-4-11-20(18)27-23-15(16-7-5-6-14-24-16)12-13-21(26-19)22(23)25;1-14-8-10-17(11-9-14)20-12-19(16(3)13-21-20)18-7-5-4-6-15(18)2;/h1-11,13-14H;4-10,12-13H,1-3H3;/q2*-1;. The summed E-state index contributed by atoms with van der Waals surface area (Å²) in [5.74, 6) is 3.04. The summed E-state index contributed by atoms with van der Waals surface area (Å²) in [6.07, 6.45) is 3.72. The molecule has 9 rings (SSSR count). The molecule has 0 aliphatic carbocycles. The van der Waals surface area contributed by atoms with Gasteiger partial charge in [-0.05, 0) is 77.8 Å². The Labute approximate surface area is 300 Å². The maximum atomic E-state index is 6.33. The second kappa shape index (κ2) is 13.5. The fraction of sp³-hybridized carbons (Fsp3) is 0.0698. The zero-order valence-corrected chi connectivity index (χ0v) is 29.6. The number of para-hydroxylation sites is 4. The van der Waals surface area contributed by atoms with Crippen molar-refractivity contribution in [2.75, 3.05) is 4.90 Å². The molecule has 1 radical (unpaired) electrons. The van der Waals surface area contributed by atoms with Crippen LogP contribution in [-0.4, -0.2) is 9.97 Å². The van der Waals surface area contributed by atoms with Gasteiger partial charge in [-0.2, -0.15) is 0 Å². The Balaban J connectivity index is 0.000000156. The number of benzene rings is 5. The van der Waals surface area contributed by atoms with Gasteiger partial charge in [0.05, 0.1) is 22.9 Å². The largest absolute Gasteiger partial charge is 0.497 e. The van der Waals surface area contributed by atoms with Gasteiger partial charge in [0.1, 0.15) is 11.5 Å². The molecule has 2 aliphatic heterocycles. The second-order valence-corrected chi connectivity index (χ2v) is 11.9. The van der Waals surface area contributed by atoms with Gasteiger partial charge >= 0.3 is 0 Å². The zero-order valence-electron chi connectivity index (χ0n) is 27.2. The smallest absolute Gasteiger partial charge is 0.138 e. The molecule has 241 valence electrons. The van der Waals surface area contributed by atoms with Crippen LogP contribution in [0.5, 0.6) is 23.0 Å². The van der Waals surface area contributed by atoms with Crippen molar-refractivity contribution in [3.63, 3.8) is 0 Å². The average molecular weight is 814 g/mol. The Morgan fingerprint density at radius 2 is 1.31 bits per heavy atom. The molecular formula is C43H31IrN3O2-2. The van der Waals surface area contributed by atoms with E-state index in [1.807, 2.05) is 72.9 Å². The first-order chi connectivity index (χ1) is 23.5. The number of nitrogens with zero attached hydrogens (tertiary/aromatic N) is 3. The zero-order chi connectivity index (χ0) is 32.6. The van der Waals surface area contributed by atoms with Gasteiger partial charge in [-0.3, -0.25) is 0 Å². The number of aryl methyl sites for hydroxylation is 3. The van der Waals surface area contributed by atoms with Crippen LogP contribution in [0.3, 0.4) is 0 Å². The maximum absolute atomic E-state index is 6.33. The molecule has 0 atom stereocenters. The summed E-state index contributed by atoms with van der Waals surface area (Å²) >= 11 is 0. The molecule has 0 spiro atoms. The summed E-state index contributed by atoms with van der Waals surface area (Å²) in [6, 6.07) is 47.2. The second-order valence-electron chi connectivity index (χ2n) is 11.9. The van der Waals surface area contributed by atoms with E-state index in [9.17, 15) is 0 Å². The number of pyridine rings is 2. The topological polar surface area (TPSA) is 47.5 Å². The maximum Gasteiger partial charge on any atom is 0.138 e. The molecule has 49 heavy (non-hydrogen) atoms. The van der Waals surface area contributed by atoms with Crippen molar-refractivity contribution in [2.24, 2.45) is 0 Å². The van der Waals surface area contributed by atoms with E-state index in [-0.39, 0.29) is 20.1 Å².